The minimum Gasteiger partial charge on any atom is -0.493 e. The first-order chi connectivity index (χ1) is 14.0. The number of ether oxygens (including phenoxy) is 1. The van der Waals surface area contributed by atoms with Gasteiger partial charge in [0.05, 0.1) is 6.61 Å². The van der Waals surface area contributed by atoms with E-state index in [-0.39, 0.29) is 5.41 Å². The summed E-state index contributed by atoms with van der Waals surface area (Å²) in [5, 5.41) is 4.26. The lowest BCUT2D eigenvalue weighted by Gasteiger charge is -2.15. The van der Waals surface area contributed by atoms with Crippen LogP contribution in [0, 0.1) is 17.3 Å². The maximum absolute atomic E-state index is 5.91. The monoisotopic (exact) mass is 407 g/mol. The van der Waals surface area contributed by atoms with E-state index in [1.807, 2.05) is 12.1 Å². The van der Waals surface area contributed by atoms with Gasteiger partial charge in [0.15, 0.2) is 0 Å². The van der Waals surface area contributed by atoms with Crippen molar-refractivity contribution in [1.29, 1.82) is 0 Å². The fourth-order valence-corrected chi connectivity index (χ4v) is 3.30. The molecule has 0 fully saturated rings. The lowest BCUT2D eigenvalue weighted by molar-refractivity contribution is 0.324. The lowest BCUT2D eigenvalue weighted by Crippen LogP contribution is -2.23. The molecule has 0 aliphatic carbocycles. The molecule has 0 aliphatic heterocycles. The van der Waals surface area contributed by atoms with E-state index < -0.39 is 0 Å². The van der Waals surface area contributed by atoms with Crippen molar-refractivity contribution in [1.82, 2.24) is 4.90 Å². The van der Waals surface area contributed by atoms with Gasteiger partial charge in [-0.2, -0.15) is 11.3 Å². The number of nitrogens with zero attached hydrogens (tertiary/aromatic N) is 1. The summed E-state index contributed by atoms with van der Waals surface area (Å²) in [7, 11) is 0. The zero-order chi connectivity index (χ0) is 21.0. The van der Waals surface area contributed by atoms with Gasteiger partial charge in [-0.25, -0.2) is 0 Å². The Labute approximate surface area is 180 Å². The predicted molar refractivity (Wildman–Crippen MR) is 127 cm³/mol. The number of allylic oxidation sites excluding steroid dienone is 1. The van der Waals surface area contributed by atoms with Crippen molar-refractivity contribution in [3.8, 4) is 28.7 Å². The number of benzene rings is 1. The largest absolute Gasteiger partial charge is 0.493 e. The Hall–Kier alpha value is -2.28. The molecule has 0 spiro atoms. The quantitative estimate of drug-likeness (QED) is 0.248. The second-order valence-electron chi connectivity index (χ2n) is 7.92. The highest BCUT2D eigenvalue weighted by Gasteiger charge is 2.02. The molecule has 3 heteroatoms. The highest BCUT2D eigenvalue weighted by Crippen LogP contribution is 2.25. The molecule has 29 heavy (non-hydrogen) atoms. The minimum atomic E-state index is 0.0603. The topological polar surface area (TPSA) is 12.5 Å². The van der Waals surface area contributed by atoms with Crippen molar-refractivity contribution >= 4 is 11.3 Å². The number of rotatable bonds is 10. The smallest absolute Gasteiger partial charge is 0.119 e. The van der Waals surface area contributed by atoms with Gasteiger partial charge < -0.3 is 4.74 Å². The first kappa shape index (κ1) is 23.0. The second-order valence-corrected chi connectivity index (χ2v) is 8.70. The molecule has 0 N–H and O–H groups in total. The summed E-state index contributed by atoms with van der Waals surface area (Å²) in [6.07, 6.45) is 9.44. The summed E-state index contributed by atoms with van der Waals surface area (Å²) in [5.41, 5.74) is 2.52. The van der Waals surface area contributed by atoms with E-state index in [1.54, 1.807) is 11.3 Å². The van der Waals surface area contributed by atoms with E-state index in [0.29, 0.717) is 6.61 Å². The Kier molecular flexibility index (Phi) is 9.77. The molecule has 1 heterocycles. The van der Waals surface area contributed by atoms with Gasteiger partial charge in [0.2, 0.25) is 0 Å². The standard InChI is InChI=1S/C26H33NOS/c1-5-27(17-9-6-8-16-26(2,3)4)18-10-7-11-19-28-25-14-12-13-23(21-25)24-15-20-29-22-24/h6-7,9-10,12-15,20-22H,5,11,17-19H2,1-4H3/b9-6+,10-7+. The van der Waals surface area contributed by atoms with Crippen LogP contribution in [0.1, 0.15) is 34.1 Å². The van der Waals surface area contributed by atoms with Gasteiger partial charge in [-0.1, -0.05) is 49.1 Å². The van der Waals surface area contributed by atoms with Crippen LogP contribution in [-0.4, -0.2) is 31.1 Å². The summed E-state index contributed by atoms with van der Waals surface area (Å²) >= 11 is 1.71. The number of hydrogen-bond acceptors (Lipinski definition) is 3. The normalized spacial score (nSPS) is 11.9. The predicted octanol–water partition coefficient (Wildman–Crippen LogP) is 6.67. The Morgan fingerprint density at radius 1 is 1.07 bits per heavy atom. The zero-order valence-corrected chi connectivity index (χ0v) is 19.0. The summed E-state index contributed by atoms with van der Waals surface area (Å²) in [6.45, 7) is 12.1. The molecule has 0 aliphatic rings. The fraction of sp³-hybridized carbons (Fsp3) is 0.385. The van der Waals surface area contributed by atoms with Crippen molar-refractivity contribution in [2.45, 2.75) is 34.1 Å². The maximum Gasteiger partial charge on any atom is 0.119 e. The van der Waals surface area contributed by atoms with Gasteiger partial charge in [0.1, 0.15) is 5.75 Å². The van der Waals surface area contributed by atoms with Crippen LogP contribution in [0.4, 0.5) is 0 Å². The number of hydrogen-bond donors (Lipinski definition) is 0. The molecule has 2 rings (SSSR count). The molecule has 0 radical (unpaired) electrons. The summed E-state index contributed by atoms with van der Waals surface area (Å²) < 4.78 is 5.91. The molecule has 2 aromatic rings. The molecule has 0 amide bonds. The minimum absolute atomic E-state index is 0.0603. The Bertz CT molecular complexity index is 832. The SMILES string of the molecule is CCN(C/C=C/C#CC(C)(C)C)C/C=C/CCOc1cccc(-c2ccsc2)c1. The highest BCUT2D eigenvalue weighted by molar-refractivity contribution is 7.08. The second kappa shape index (κ2) is 12.3. The molecule has 1 aromatic heterocycles. The Morgan fingerprint density at radius 2 is 1.90 bits per heavy atom. The molecule has 0 saturated heterocycles. The highest BCUT2D eigenvalue weighted by atomic mass is 32.1. The van der Waals surface area contributed by atoms with Crippen molar-refractivity contribution < 1.29 is 4.74 Å². The molecule has 154 valence electrons. The van der Waals surface area contributed by atoms with Crippen LogP contribution in [-0.2, 0) is 0 Å². The average molecular weight is 408 g/mol. The molecule has 0 saturated carbocycles. The fourth-order valence-electron chi connectivity index (χ4n) is 2.63. The van der Waals surface area contributed by atoms with Crippen LogP contribution in [0.2, 0.25) is 0 Å². The molecule has 0 unspecified atom stereocenters. The van der Waals surface area contributed by atoms with Crippen LogP contribution in [0.15, 0.2) is 65.4 Å². The van der Waals surface area contributed by atoms with Crippen molar-refractivity contribution in [3.05, 3.63) is 65.4 Å². The third-order valence-electron chi connectivity index (χ3n) is 4.23. The third kappa shape index (κ3) is 9.65. The van der Waals surface area contributed by atoms with Crippen LogP contribution in [0.25, 0.3) is 11.1 Å². The van der Waals surface area contributed by atoms with E-state index >= 15 is 0 Å². The molecular formula is C26H33NOS. The van der Waals surface area contributed by atoms with E-state index in [9.17, 15) is 0 Å². The molecule has 0 atom stereocenters. The van der Waals surface area contributed by atoms with Crippen LogP contribution < -0.4 is 4.74 Å². The lowest BCUT2D eigenvalue weighted by atomic mass is 9.98. The van der Waals surface area contributed by atoms with Gasteiger partial charge in [-0.05, 0) is 79.9 Å². The third-order valence-corrected chi connectivity index (χ3v) is 4.91. The van der Waals surface area contributed by atoms with Crippen LogP contribution in [0.5, 0.6) is 5.75 Å². The van der Waals surface area contributed by atoms with Gasteiger partial charge in [0.25, 0.3) is 0 Å². The zero-order valence-electron chi connectivity index (χ0n) is 18.2. The van der Waals surface area contributed by atoms with Gasteiger partial charge >= 0.3 is 0 Å². The Balaban J connectivity index is 1.68. The molecule has 0 bridgehead atoms. The maximum atomic E-state index is 5.91. The van der Waals surface area contributed by atoms with Crippen LogP contribution in [0.3, 0.4) is 0 Å². The summed E-state index contributed by atoms with van der Waals surface area (Å²) in [6, 6.07) is 10.4. The molecular weight excluding hydrogens is 374 g/mol. The van der Waals surface area contributed by atoms with Crippen LogP contribution >= 0.6 is 11.3 Å². The first-order valence-electron chi connectivity index (χ1n) is 10.3. The van der Waals surface area contributed by atoms with Crippen molar-refractivity contribution in [2.75, 3.05) is 26.2 Å². The van der Waals surface area contributed by atoms with E-state index in [4.69, 9.17) is 4.74 Å². The summed E-state index contributed by atoms with van der Waals surface area (Å²) in [4.78, 5) is 2.37. The van der Waals surface area contributed by atoms with Gasteiger partial charge in [0, 0.05) is 18.5 Å². The number of thiophene rings is 1. The first-order valence-corrected chi connectivity index (χ1v) is 11.2. The van der Waals surface area contributed by atoms with Gasteiger partial charge in [-0.3, -0.25) is 4.90 Å². The number of likely N-dealkylation sites (N-methyl/N-ethyl adjacent to an activating group) is 1. The van der Waals surface area contributed by atoms with Crippen molar-refractivity contribution in [2.24, 2.45) is 5.41 Å². The van der Waals surface area contributed by atoms with E-state index in [0.717, 1.165) is 31.8 Å². The molecule has 2 nitrogen and oxygen atoms in total. The van der Waals surface area contributed by atoms with Gasteiger partial charge in [-0.15, -0.1) is 0 Å². The molecule has 1 aromatic carbocycles. The van der Waals surface area contributed by atoms with Crippen molar-refractivity contribution in [3.63, 3.8) is 0 Å². The Morgan fingerprint density at radius 3 is 2.62 bits per heavy atom. The van der Waals surface area contributed by atoms with E-state index in [2.05, 4.69) is 97.7 Å². The average Bonchev–Trinajstić information content (AvgIpc) is 3.23. The summed E-state index contributed by atoms with van der Waals surface area (Å²) in [5.74, 6) is 7.28. The van der Waals surface area contributed by atoms with E-state index in [1.165, 1.54) is 11.1 Å².